The third-order valence-electron chi connectivity index (χ3n) is 5.41. The fourth-order valence-electron chi connectivity index (χ4n) is 4.08. The lowest BCUT2D eigenvalue weighted by molar-refractivity contribution is -0.385. The maximum absolute atomic E-state index is 11.3. The number of ether oxygens (including phenoxy) is 2. The van der Waals surface area contributed by atoms with E-state index < -0.39 is 16.6 Å². The standard InChI is InChI=1S/C21H15NO7/c23-15-6-4-11(8-17(15)25)21-10-14(20-16(24)2-1-3-19(20)29-21)13-9-12(22(26)27)5-7-18(13)28-21/h1-9,14,23-25H,10H2. The average Bonchev–Trinajstić information content (AvgIpc) is 2.69. The second-order valence-electron chi connectivity index (χ2n) is 7.09. The number of aromatic hydroxyl groups is 3. The van der Waals surface area contributed by atoms with E-state index >= 15 is 0 Å². The number of phenols is 3. The monoisotopic (exact) mass is 393 g/mol. The molecule has 0 amide bonds. The van der Waals surface area contributed by atoms with Gasteiger partial charge in [0.1, 0.15) is 17.2 Å². The van der Waals surface area contributed by atoms with Crippen LogP contribution in [0.2, 0.25) is 0 Å². The molecule has 2 bridgehead atoms. The Labute approximate surface area is 164 Å². The number of nitrogens with zero attached hydrogens (tertiary/aromatic N) is 1. The number of phenolic OH excluding ortho intramolecular Hbond substituents is 3. The van der Waals surface area contributed by atoms with E-state index in [2.05, 4.69) is 0 Å². The van der Waals surface area contributed by atoms with E-state index in [1.165, 1.54) is 36.4 Å². The van der Waals surface area contributed by atoms with E-state index in [1.54, 1.807) is 18.2 Å². The molecule has 2 aliphatic heterocycles. The maximum atomic E-state index is 11.3. The van der Waals surface area contributed by atoms with Crippen molar-refractivity contribution in [3.63, 3.8) is 0 Å². The van der Waals surface area contributed by atoms with Crippen molar-refractivity contribution in [1.82, 2.24) is 0 Å². The minimum absolute atomic E-state index is 0.0222. The van der Waals surface area contributed by atoms with Crippen molar-refractivity contribution in [2.75, 3.05) is 0 Å². The van der Waals surface area contributed by atoms with E-state index in [-0.39, 0.29) is 29.4 Å². The molecule has 2 heterocycles. The number of benzene rings is 3. The van der Waals surface area contributed by atoms with E-state index in [4.69, 9.17) is 9.47 Å². The van der Waals surface area contributed by atoms with Crippen molar-refractivity contribution in [1.29, 1.82) is 0 Å². The first-order valence-electron chi connectivity index (χ1n) is 8.89. The summed E-state index contributed by atoms with van der Waals surface area (Å²) in [6, 6.07) is 13.4. The average molecular weight is 393 g/mol. The van der Waals surface area contributed by atoms with Crippen LogP contribution in [0.5, 0.6) is 28.7 Å². The highest BCUT2D eigenvalue weighted by molar-refractivity contribution is 5.59. The minimum atomic E-state index is -1.33. The summed E-state index contributed by atoms with van der Waals surface area (Å²) < 4.78 is 12.4. The number of nitro benzene ring substituents is 1. The maximum Gasteiger partial charge on any atom is 0.279 e. The van der Waals surface area contributed by atoms with Gasteiger partial charge in [0.15, 0.2) is 11.5 Å². The van der Waals surface area contributed by atoms with Gasteiger partial charge in [0.2, 0.25) is 0 Å². The molecule has 0 saturated carbocycles. The molecule has 5 rings (SSSR count). The highest BCUT2D eigenvalue weighted by Crippen LogP contribution is 2.57. The molecular weight excluding hydrogens is 378 g/mol. The van der Waals surface area contributed by atoms with Gasteiger partial charge in [-0.05, 0) is 36.4 Å². The second kappa shape index (κ2) is 5.78. The third kappa shape index (κ3) is 2.46. The van der Waals surface area contributed by atoms with Crippen LogP contribution in [0, 0.1) is 10.1 Å². The molecule has 0 aromatic heterocycles. The zero-order valence-electron chi connectivity index (χ0n) is 14.9. The van der Waals surface area contributed by atoms with Gasteiger partial charge in [-0.1, -0.05) is 6.07 Å². The molecule has 0 spiro atoms. The number of non-ortho nitro benzene ring substituents is 1. The molecule has 3 aromatic rings. The lowest BCUT2D eigenvalue weighted by Crippen LogP contribution is -2.46. The van der Waals surface area contributed by atoms with Gasteiger partial charge in [0.05, 0.1) is 4.92 Å². The Morgan fingerprint density at radius 3 is 2.48 bits per heavy atom. The van der Waals surface area contributed by atoms with E-state index in [1.807, 2.05) is 0 Å². The summed E-state index contributed by atoms with van der Waals surface area (Å²) in [4.78, 5) is 10.8. The molecule has 2 aliphatic rings. The predicted molar refractivity (Wildman–Crippen MR) is 100 cm³/mol. The summed E-state index contributed by atoms with van der Waals surface area (Å²) in [6.45, 7) is 0. The summed E-state index contributed by atoms with van der Waals surface area (Å²) in [7, 11) is 0. The molecule has 0 radical (unpaired) electrons. The molecule has 29 heavy (non-hydrogen) atoms. The third-order valence-corrected chi connectivity index (χ3v) is 5.41. The van der Waals surface area contributed by atoms with Crippen molar-refractivity contribution in [2.45, 2.75) is 18.1 Å². The summed E-state index contributed by atoms with van der Waals surface area (Å²) in [6.07, 6.45) is 0.218. The SMILES string of the molecule is O=[N+]([O-])c1ccc2c(c1)C1CC(c3ccc(O)c(O)c3)(O2)Oc2cccc(O)c21. The predicted octanol–water partition coefficient (Wildman–Crippen LogP) is 3.87. The van der Waals surface area contributed by atoms with Gasteiger partial charge in [0, 0.05) is 41.2 Å². The lowest BCUT2D eigenvalue weighted by Gasteiger charge is -2.46. The van der Waals surface area contributed by atoms with Crippen molar-refractivity contribution >= 4 is 5.69 Å². The molecule has 3 aromatic carbocycles. The highest BCUT2D eigenvalue weighted by atomic mass is 16.7. The molecule has 0 saturated heterocycles. The van der Waals surface area contributed by atoms with Crippen LogP contribution in [-0.4, -0.2) is 20.2 Å². The van der Waals surface area contributed by atoms with Crippen LogP contribution in [0.1, 0.15) is 29.0 Å². The number of rotatable bonds is 2. The smallest absolute Gasteiger partial charge is 0.279 e. The van der Waals surface area contributed by atoms with E-state index in [0.29, 0.717) is 28.2 Å². The van der Waals surface area contributed by atoms with Crippen LogP contribution < -0.4 is 9.47 Å². The molecule has 3 N–H and O–H groups in total. The Balaban J connectivity index is 1.76. The Hall–Kier alpha value is -3.94. The largest absolute Gasteiger partial charge is 0.508 e. The molecule has 0 fully saturated rings. The first-order chi connectivity index (χ1) is 13.9. The number of hydrogen-bond acceptors (Lipinski definition) is 7. The highest BCUT2D eigenvalue weighted by Gasteiger charge is 2.51. The Bertz CT molecular complexity index is 1180. The second-order valence-corrected chi connectivity index (χ2v) is 7.09. The van der Waals surface area contributed by atoms with Crippen LogP contribution in [0.25, 0.3) is 0 Å². The summed E-state index contributed by atoms with van der Waals surface area (Å²) in [5.74, 6) is -1.58. The van der Waals surface area contributed by atoms with E-state index in [9.17, 15) is 25.4 Å². The first kappa shape index (κ1) is 17.2. The Morgan fingerprint density at radius 1 is 0.931 bits per heavy atom. The molecular formula is C21H15NO7. The fourth-order valence-corrected chi connectivity index (χ4v) is 4.08. The Kier molecular flexibility index (Phi) is 3.42. The molecule has 8 heteroatoms. The lowest BCUT2D eigenvalue weighted by atomic mass is 9.78. The fraction of sp³-hybridized carbons (Fsp3) is 0.143. The van der Waals surface area contributed by atoms with Crippen LogP contribution in [0.3, 0.4) is 0 Å². The zero-order valence-corrected chi connectivity index (χ0v) is 14.9. The molecule has 2 unspecified atom stereocenters. The first-order valence-corrected chi connectivity index (χ1v) is 8.89. The van der Waals surface area contributed by atoms with Crippen molar-refractivity contribution in [3.05, 3.63) is 81.4 Å². The molecule has 2 atom stereocenters. The van der Waals surface area contributed by atoms with Gasteiger partial charge >= 0.3 is 0 Å². The van der Waals surface area contributed by atoms with Gasteiger partial charge in [-0.25, -0.2) is 0 Å². The number of hydrogen-bond donors (Lipinski definition) is 3. The normalized spacial score (nSPS) is 21.3. The van der Waals surface area contributed by atoms with Crippen LogP contribution in [0.15, 0.2) is 54.6 Å². The summed E-state index contributed by atoms with van der Waals surface area (Å²) in [5.41, 5.74) is 1.49. The van der Waals surface area contributed by atoms with Crippen LogP contribution in [0.4, 0.5) is 5.69 Å². The summed E-state index contributed by atoms with van der Waals surface area (Å²) in [5, 5.41) is 41.4. The molecule has 8 nitrogen and oxygen atoms in total. The Morgan fingerprint density at radius 2 is 1.72 bits per heavy atom. The van der Waals surface area contributed by atoms with Crippen molar-refractivity contribution in [3.8, 4) is 28.7 Å². The van der Waals surface area contributed by atoms with Crippen molar-refractivity contribution in [2.24, 2.45) is 0 Å². The van der Waals surface area contributed by atoms with Gasteiger partial charge < -0.3 is 24.8 Å². The zero-order chi connectivity index (χ0) is 20.3. The topological polar surface area (TPSA) is 122 Å². The van der Waals surface area contributed by atoms with Crippen LogP contribution in [-0.2, 0) is 5.79 Å². The van der Waals surface area contributed by atoms with Gasteiger partial charge in [-0.2, -0.15) is 0 Å². The van der Waals surface area contributed by atoms with E-state index in [0.717, 1.165) is 0 Å². The summed E-state index contributed by atoms with van der Waals surface area (Å²) >= 11 is 0. The minimum Gasteiger partial charge on any atom is -0.508 e. The van der Waals surface area contributed by atoms with Gasteiger partial charge in [0.25, 0.3) is 11.5 Å². The quantitative estimate of drug-likeness (QED) is 0.343. The number of fused-ring (bicyclic) bond motifs is 6. The molecule has 0 aliphatic carbocycles. The van der Waals surface area contributed by atoms with Crippen LogP contribution >= 0.6 is 0 Å². The number of nitro groups is 1. The molecule has 146 valence electrons. The van der Waals surface area contributed by atoms with Crippen molar-refractivity contribution < 1.29 is 29.7 Å². The van der Waals surface area contributed by atoms with Gasteiger partial charge in [-0.3, -0.25) is 10.1 Å². The van der Waals surface area contributed by atoms with Gasteiger partial charge in [-0.15, -0.1) is 0 Å².